The van der Waals surface area contributed by atoms with Gasteiger partial charge in [0.1, 0.15) is 0 Å². The van der Waals surface area contributed by atoms with Crippen LogP contribution in [0.5, 0.6) is 0 Å². The lowest BCUT2D eigenvalue weighted by Crippen LogP contribution is -2.23. The summed E-state index contributed by atoms with van der Waals surface area (Å²) in [6, 6.07) is 0. The third-order valence-electron chi connectivity index (χ3n) is 1.70. The molecule has 0 heterocycles. The molecule has 86 valence electrons. The Morgan fingerprint density at radius 3 is 2.14 bits per heavy atom. The molecule has 4 heteroatoms. The second kappa shape index (κ2) is 8.17. The Labute approximate surface area is 85.8 Å². The zero-order chi connectivity index (χ0) is 11.0. The highest BCUT2D eigenvalue weighted by atomic mass is 16.7. The quantitative estimate of drug-likeness (QED) is 0.579. The van der Waals surface area contributed by atoms with Gasteiger partial charge in [0.2, 0.25) is 0 Å². The lowest BCUT2D eigenvalue weighted by molar-refractivity contribution is -0.159. The van der Waals surface area contributed by atoms with Gasteiger partial charge in [0.05, 0.1) is 25.4 Å². The summed E-state index contributed by atoms with van der Waals surface area (Å²) in [6.45, 7) is 6.11. The molecule has 0 spiro atoms. The summed E-state index contributed by atoms with van der Waals surface area (Å²) in [7, 11) is 0. The van der Waals surface area contributed by atoms with Crippen LogP contribution in [0.25, 0.3) is 0 Å². The Morgan fingerprint density at radius 2 is 1.71 bits per heavy atom. The maximum Gasteiger partial charge on any atom is 0.157 e. The third-order valence-corrected chi connectivity index (χ3v) is 1.70. The molecule has 0 aliphatic rings. The molecule has 0 radical (unpaired) electrons. The molecule has 0 bridgehead atoms. The second-order valence-electron chi connectivity index (χ2n) is 3.53. The molecule has 0 aliphatic carbocycles. The van der Waals surface area contributed by atoms with E-state index in [0.717, 1.165) is 6.42 Å². The smallest absolute Gasteiger partial charge is 0.157 e. The molecule has 4 nitrogen and oxygen atoms in total. The normalized spacial score (nSPS) is 17.8. The lowest BCUT2D eigenvalue weighted by atomic mass is 10.3. The van der Waals surface area contributed by atoms with Crippen molar-refractivity contribution >= 4 is 0 Å². The molecular weight excluding hydrogens is 184 g/mol. The fraction of sp³-hybridized carbons (Fsp3) is 1.00. The monoisotopic (exact) mass is 206 g/mol. The van der Waals surface area contributed by atoms with Crippen molar-refractivity contribution in [2.45, 2.75) is 52.1 Å². The van der Waals surface area contributed by atoms with Crippen molar-refractivity contribution in [3.63, 3.8) is 0 Å². The largest absolute Gasteiger partial charge is 0.393 e. The minimum Gasteiger partial charge on any atom is -0.393 e. The van der Waals surface area contributed by atoms with E-state index in [-0.39, 0.29) is 19.0 Å². The highest BCUT2D eigenvalue weighted by molar-refractivity contribution is 4.48. The van der Waals surface area contributed by atoms with Crippen molar-refractivity contribution in [1.82, 2.24) is 0 Å². The fourth-order valence-corrected chi connectivity index (χ4v) is 0.900. The average Bonchev–Trinajstić information content (AvgIpc) is 2.10. The van der Waals surface area contributed by atoms with Crippen molar-refractivity contribution in [2.24, 2.45) is 0 Å². The molecule has 0 saturated carbocycles. The van der Waals surface area contributed by atoms with Gasteiger partial charge >= 0.3 is 0 Å². The Balaban J connectivity index is 3.48. The van der Waals surface area contributed by atoms with Gasteiger partial charge < -0.3 is 19.7 Å². The number of aliphatic hydroxyl groups is 2. The highest BCUT2D eigenvalue weighted by Gasteiger charge is 2.08. The summed E-state index contributed by atoms with van der Waals surface area (Å²) < 4.78 is 10.6. The van der Waals surface area contributed by atoms with Gasteiger partial charge in [0, 0.05) is 0 Å². The number of ether oxygens (including phenoxy) is 2. The summed E-state index contributed by atoms with van der Waals surface area (Å²) in [5.41, 5.74) is 0. The molecule has 3 atom stereocenters. The first-order valence-electron chi connectivity index (χ1n) is 5.15. The van der Waals surface area contributed by atoms with E-state index >= 15 is 0 Å². The SMILES string of the molecule is CCC(OCCC(C)O)OCC(C)O. The first-order valence-corrected chi connectivity index (χ1v) is 5.15. The zero-order valence-corrected chi connectivity index (χ0v) is 9.27. The summed E-state index contributed by atoms with van der Waals surface area (Å²) in [6.07, 6.45) is 0.262. The molecule has 0 aromatic rings. The van der Waals surface area contributed by atoms with Crippen LogP contribution >= 0.6 is 0 Å². The number of aliphatic hydroxyl groups excluding tert-OH is 2. The van der Waals surface area contributed by atoms with Crippen molar-refractivity contribution in [3.05, 3.63) is 0 Å². The van der Waals surface area contributed by atoms with E-state index in [9.17, 15) is 0 Å². The van der Waals surface area contributed by atoms with Crippen LogP contribution in [0.4, 0.5) is 0 Å². The highest BCUT2D eigenvalue weighted by Crippen LogP contribution is 2.03. The van der Waals surface area contributed by atoms with Crippen molar-refractivity contribution in [3.8, 4) is 0 Å². The maximum absolute atomic E-state index is 9.00. The number of rotatable bonds is 8. The van der Waals surface area contributed by atoms with E-state index < -0.39 is 6.10 Å². The minimum atomic E-state index is -0.468. The Bertz CT molecular complexity index is 125. The molecule has 0 aromatic heterocycles. The van der Waals surface area contributed by atoms with Gasteiger partial charge in [-0.15, -0.1) is 0 Å². The summed E-state index contributed by atoms with van der Waals surface area (Å²) in [5.74, 6) is 0. The van der Waals surface area contributed by atoms with E-state index in [4.69, 9.17) is 19.7 Å². The molecular formula is C10H22O4. The fourth-order valence-electron chi connectivity index (χ4n) is 0.900. The van der Waals surface area contributed by atoms with Crippen molar-refractivity contribution in [1.29, 1.82) is 0 Å². The van der Waals surface area contributed by atoms with Crippen molar-refractivity contribution in [2.75, 3.05) is 13.2 Å². The van der Waals surface area contributed by atoms with Gasteiger partial charge in [0.25, 0.3) is 0 Å². The third kappa shape index (κ3) is 8.44. The van der Waals surface area contributed by atoms with Crippen LogP contribution in [0.2, 0.25) is 0 Å². The average molecular weight is 206 g/mol. The van der Waals surface area contributed by atoms with Crippen LogP contribution in [-0.2, 0) is 9.47 Å². The van der Waals surface area contributed by atoms with Gasteiger partial charge in [-0.3, -0.25) is 0 Å². The van der Waals surface area contributed by atoms with Crippen LogP contribution in [0.1, 0.15) is 33.6 Å². The molecule has 0 aromatic carbocycles. The lowest BCUT2D eigenvalue weighted by Gasteiger charge is -2.18. The van der Waals surface area contributed by atoms with E-state index in [0.29, 0.717) is 13.0 Å². The standard InChI is InChI=1S/C10H22O4/c1-4-10(14-7-9(3)12)13-6-5-8(2)11/h8-12H,4-7H2,1-3H3. The topological polar surface area (TPSA) is 58.9 Å². The van der Waals surface area contributed by atoms with Gasteiger partial charge in [-0.05, 0) is 26.7 Å². The molecule has 3 unspecified atom stereocenters. The van der Waals surface area contributed by atoms with Gasteiger partial charge in [-0.2, -0.15) is 0 Å². The molecule has 0 fully saturated rings. The van der Waals surface area contributed by atoms with Gasteiger partial charge in [0.15, 0.2) is 6.29 Å². The summed E-state index contributed by atoms with van der Waals surface area (Å²) in [5, 5.41) is 18.0. The van der Waals surface area contributed by atoms with E-state index in [1.165, 1.54) is 0 Å². The molecule has 0 saturated heterocycles. The van der Waals surface area contributed by atoms with E-state index in [1.54, 1.807) is 13.8 Å². The van der Waals surface area contributed by atoms with Crippen LogP contribution in [0, 0.1) is 0 Å². The van der Waals surface area contributed by atoms with Crippen LogP contribution < -0.4 is 0 Å². The van der Waals surface area contributed by atoms with Crippen molar-refractivity contribution < 1.29 is 19.7 Å². The predicted molar refractivity (Wildman–Crippen MR) is 54.0 cm³/mol. The van der Waals surface area contributed by atoms with Crippen LogP contribution in [0.3, 0.4) is 0 Å². The molecule has 2 N–H and O–H groups in total. The van der Waals surface area contributed by atoms with E-state index in [2.05, 4.69) is 0 Å². The maximum atomic E-state index is 9.00. The van der Waals surface area contributed by atoms with Crippen LogP contribution in [-0.4, -0.2) is 41.9 Å². The Morgan fingerprint density at radius 1 is 1.07 bits per heavy atom. The molecule has 14 heavy (non-hydrogen) atoms. The van der Waals surface area contributed by atoms with E-state index in [1.807, 2.05) is 6.92 Å². The summed E-state index contributed by atoms with van der Waals surface area (Å²) in [4.78, 5) is 0. The predicted octanol–water partition coefficient (Wildman–Crippen LogP) is 0.907. The minimum absolute atomic E-state index is 0.275. The zero-order valence-electron chi connectivity index (χ0n) is 9.27. The molecule has 0 aliphatic heterocycles. The first-order chi connectivity index (χ1) is 6.56. The first kappa shape index (κ1) is 13.8. The Hall–Kier alpha value is -0.160. The number of hydrogen-bond donors (Lipinski definition) is 2. The van der Waals surface area contributed by atoms with Crippen LogP contribution in [0.15, 0.2) is 0 Å². The van der Waals surface area contributed by atoms with Gasteiger partial charge in [-0.25, -0.2) is 0 Å². The Kier molecular flexibility index (Phi) is 8.08. The summed E-state index contributed by atoms with van der Waals surface area (Å²) >= 11 is 0. The molecule has 0 rings (SSSR count). The number of hydrogen-bond acceptors (Lipinski definition) is 4. The van der Waals surface area contributed by atoms with Gasteiger partial charge in [-0.1, -0.05) is 6.92 Å². The molecule has 0 amide bonds. The second-order valence-corrected chi connectivity index (χ2v) is 3.53.